The van der Waals surface area contributed by atoms with Crippen LogP contribution in [0.15, 0.2) is 36.6 Å². The molecule has 3 aliphatic heterocycles. The minimum atomic E-state index is -1.50. The Kier molecular flexibility index (Phi) is 27.0. The molecule has 0 aromatic carbocycles. The van der Waals surface area contributed by atoms with Gasteiger partial charge in [0, 0.05) is 19.1 Å². The number of unbranched alkanes of at least 4 members (excludes halogenated alkanes) is 24. The number of aliphatic hydroxyl groups excluding tert-OH is 4. The highest BCUT2D eigenvalue weighted by Crippen LogP contribution is 2.60. The van der Waals surface area contributed by atoms with Crippen LogP contribution in [0.4, 0.5) is 0 Å². The zero-order valence-electron chi connectivity index (χ0n) is 38.6. The van der Waals surface area contributed by atoms with Gasteiger partial charge in [-0.1, -0.05) is 154 Å². The quantitative estimate of drug-likeness (QED) is 0.0269. The molecule has 1 aliphatic carbocycles. The van der Waals surface area contributed by atoms with E-state index in [1.165, 1.54) is 154 Å². The molecule has 0 aromatic rings. The van der Waals surface area contributed by atoms with Crippen LogP contribution in [-0.4, -0.2) is 102 Å². The molecule has 1 saturated carbocycles. The van der Waals surface area contributed by atoms with Crippen LogP contribution in [0.5, 0.6) is 0 Å². The molecule has 61 heavy (non-hydrogen) atoms. The summed E-state index contributed by atoms with van der Waals surface area (Å²) in [6, 6.07) is 0. The molecule has 4 aliphatic rings. The first-order valence-corrected chi connectivity index (χ1v) is 25.4. The fourth-order valence-corrected chi connectivity index (χ4v) is 9.48. The maximum atomic E-state index is 11.1. The van der Waals surface area contributed by atoms with E-state index in [9.17, 15) is 20.4 Å². The maximum absolute atomic E-state index is 11.1. The van der Waals surface area contributed by atoms with Crippen molar-refractivity contribution in [2.24, 2.45) is 11.8 Å². The number of fused-ring (bicyclic) bond motifs is 3. The van der Waals surface area contributed by atoms with Gasteiger partial charge in [0.15, 0.2) is 6.29 Å². The molecular weight excluding hydrogens is 773 g/mol. The van der Waals surface area contributed by atoms with Gasteiger partial charge in [0.2, 0.25) is 6.29 Å². The van der Waals surface area contributed by atoms with Crippen molar-refractivity contribution < 1.29 is 48.8 Å². The fraction of sp³-hybridized carbons (Fsp3) is 0.882. The van der Waals surface area contributed by atoms with Gasteiger partial charge < -0.3 is 48.8 Å². The van der Waals surface area contributed by atoms with E-state index in [1.807, 2.05) is 6.08 Å². The van der Waals surface area contributed by atoms with Crippen molar-refractivity contribution in [1.29, 1.82) is 0 Å². The maximum Gasteiger partial charge on any atom is 0.208 e. The predicted molar refractivity (Wildman–Crippen MR) is 243 cm³/mol. The van der Waals surface area contributed by atoms with E-state index in [0.717, 1.165) is 32.1 Å². The minimum absolute atomic E-state index is 0.0612. The second-order valence-electron chi connectivity index (χ2n) is 18.6. The first-order valence-electron chi connectivity index (χ1n) is 25.4. The number of ether oxygens (including phenoxy) is 6. The Balaban J connectivity index is 1.06. The summed E-state index contributed by atoms with van der Waals surface area (Å²) in [5.41, 5.74) is -0.771. The Hall–Kier alpha value is -1.34. The Morgan fingerprint density at radius 3 is 1.52 bits per heavy atom. The Morgan fingerprint density at radius 2 is 1.00 bits per heavy atom. The molecule has 3 heterocycles. The Labute approximate surface area is 371 Å². The molecule has 0 amide bonds. The van der Waals surface area contributed by atoms with Crippen molar-refractivity contribution in [2.75, 3.05) is 26.4 Å². The summed E-state index contributed by atoms with van der Waals surface area (Å²) in [5, 5.41) is 43.5. The first-order chi connectivity index (χ1) is 29.9. The van der Waals surface area contributed by atoms with Gasteiger partial charge in [0.25, 0.3) is 0 Å². The lowest BCUT2D eigenvalue weighted by Crippen LogP contribution is -2.60. The van der Waals surface area contributed by atoms with Crippen LogP contribution in [0, 0.1) is 11.8 Å². The van der Waals surface area contributed by atoms with E-state index in [4.69, 9.17) is 28.4 Å². The summed E-state index contributed by atoms with van der Waals surface area (Å²) in [4.78, 5) is 0. The summed E-state index contributed by atoms with van der Waals surface area (Å²) in [6.07, 6.45) is 39.2. The Morgan fingerprint density at radius 1 is 0.525 bits per heavy atom. The number of rotatable bonds is 38. The van der Waals surface area contributed by atoms with Crippen molar-refractivity contribution in [1.82, 2.24) is 0 Å². The van der Waals surface area contributed by atoms with Crippen molar-refractivity contribution in [2.45, 2.75) is 248 Å². The zero-order valence-corrected chi connectivity index (χ0v) is 38.6. The molecule has 0 unspecified atom stereocenters. The molecule has 10 heteroatoms. The van der Waals surface area contributed by atoms with E-state index in [0.29, 0.717) is 19.8 Å². The predicted octanol–water partition coefficient (Wildman–Crippen LogP) is 10.5. The standard InChI is InChI=1S/C51H90O10/c1-3-5-7-9-11-13-15-17-19-21-23-25-27-29-31-33-36-56-39-42-45(53)46(54)47(55)50(59-42)60-49-43-41(35-38-58-49)44(52)48-51(43,61-48)40-57-37-34-32-30-28-26-24-22-20-18-16-14-12-10-8-6-4-2/h17-20,35,38,41-50,52-55H,3-16,21-34,36-37,39-40H2,1-2H3/b19-17-,20-18-/t41-,42-,43-,44+,45-,46+,47-,48+,49+,50+,51-/m1/s1. The summed E-state index contributed by atoms with van der Waals surface area (Å²) in [5.74, 6) is -0.684. The molecular formula is C51H90O10. The average molecular weight is 863 g/mol. The van der Waals surface area contributed by atoms with E-state index in [-0.39, 0.29) is 12.5 Å². The van der Waals surface area contributed by atoms with Crippen LogP contribution < -0.4 is 0 Å². The van der Waals surface area contributed by atoms with Crippen LogP contribution >= 0.6 is 0 Å². The van der Waals surface area contributed by atoms with Crippen molar-refractivity contribution in [3.05, 3.63) is 36.6 Å². The average Bonchev–Trinajstić information content (AvgIpc) is 3.95. The number of hydrogen-bond donors (Lipinski definition) is 4. The van der Waals surface area contributed by atoms with E-state index in [1.54, 1.807) is 0 Å². The van der Waals surface area contributed by atoms with Gasteiger partial charge in [-0.25, -0.2) is 0 Å². The molecule has 11 atom stereocenters. The van der Waals surface area contributed by atoms with Gasteiger partial charge in [-0.2, -0.15) is 0 Å². The molecule has 354 valence electrons. The number of allylic oxidation sites excluding steroid dienone is 4. The van der Waals surface area contributed by atoms with Gasteiger partial charge >= 0.3 is 0 Å². The van der Waals surface area contributed by atoms with Crippen LogP contribution in [0.1, 0.15) is 194 Å². The molecule has 0 radical (unpaired) electrons. The van der Waals surface area contributed by atoms with Gasteiger partial charge in [0.1, 0.15) is 36.1 Å². The monoisotopic (exact) mass is 863 g/mol. The summed E-state index contributed by atoms with van der Waals surface area (Å²) in [7, 11) is 0. The summed E-state index contributed by atoms with van der Waals surface area (Å²) >= 11 is 0. The molecule has 0 bridgehead atoms. The third-order valence-electron chi connectivity index (χ3n) is 13.4. The van der Waals surface area contributed by atoms with Gasteiger partial charge in [-0.05, 0) is 70.3 Å². The van der Waals surface area contributed by atoms with Crippen molar-refractivity contribution in [3.63, 3.8) is 0 Å². The number of aliphatic hydroxyl groups is 4. The Bertz CT molecular complexity index is 1180. The van der Waals surface area contributed by atoms with Gasteiger partial charge in [-0.15, -0.1) is 0 Å². The van der Waals surface area contributed by atoms with Gasteiger partial charge in [0.05, 0.1) is 31.5 Å². The number of hydrogen-bond acceptors (Lipinski definition) is 10. The minimum Gasteiger partial charge on any atom is -0.472 e. The van der Waals surface area contributed by atoms with Crippen LogP contribution in [-0.2, 0) is 28.4 Å². The molecule has 4 rings (SSSR count). The van der Waals surface area contributed by atoms with E-state index < -0.39 is 60.7 Å². The molecule has 0 spiro atoms. The lowest BCUT2D eigenvalue weighted by molar-refractivity contribution is -0.345. The molecule has 2 saturated heterocycles. The van der Waals surface area contributed by atoms with E-state index >= 15 is 0 Å². The summed E-state index contributed by atoms with van der Waals surface area (Å²) in [6.45, 7) is 6.03. The first kappa shape index (κ1) is 52.3. The normalized spacial score (nSPS) is 30.7. The largest absolute Gasteiger partial charge is 0.472 e. The zero-order chi connectivity index (χ0) is 43.4. The highest BCUT2D eigenvalue weighted by Gasteiger charge is 2.76. The second kappa shape index (κ2) is 31.5. The lowest BCUT2D eigenvalue weighted by atomic mass is 9.85. The summed E-state index contributed by atoms with van der Waals surface area (Å²) < 4.78 is 36.3. The highest BCUT2D eigenvalue weighted by molar-refractivity contribution is 5.25. The van der Waals surface area contributed by atoms with Crippen LogP contribution in [0.25, 0.3) is 0 Å². The molecule has 3 fully saturated rings. The third kappa shape index (κ3) is 18.6. The molecule has 0 aromatic heterocycles. The van der Waals surface area contributed by atoms with Crippen LogP contribution in [0.3, 0.4) is 0 Å². The van der Waals surface area contributed by atoms with Gasteiger partial charge in [-0.3, -0.25) is 0 Å². The van der Waals surface area contributed by atoms with E-state index in [2.05, 4.69) is 38.2 Å². The van der Waals surface area contributed by atoms with Crippen LogP contribution in [0.2, 0.25) is 0 Å². The highest BCUT2D eigenvalue weighted by atomic mass is 16.8. The molecule has 10 nitrogen and oxygen atoms in total. The van der Waals surface area contributed by atoms with Crippen molar-refractivity contribution >= 4 is 0 Å². The third-order valence-corrected chi connectivity index (χ3v) is 13.4. The topological polar surface area (TPSA) is 140 Å². The van der Waals surface area contributed by atoms with Crippen molar-refractivity contribution in [3.8, 4) is 0 Å². The molecule has 4 N–H and O–H groups in total. The number of epoxide rings is 1. The SMILES string of the molecule is CCCCCCCC/C=C\CCCCCCCCOC[C@H]1O[C@@H](O[C@@H]2OC=C[C@H]3[C@H](O)[C@@H]4O[C@]4(COCCCCCCCC/C=C\CCCCCCCC)[C@@H]23)[C@H](O)[C@@H](O)[C@@H]1O. The fourth-order valence-electron chi connectivity index (χ4n) is 9.48. The lowest BCUT2D eigenvalue weighted by Gasteiger charge is -2.43. The smallest absolute Gasteiger partial charge is 0.208 e. The second-order valence-corrected chi connectivity index (χ2v) is 18.6.